The van der Waals surface area contributed by atoms with Crippen LogP contribution in [0.25, 0.3) is 0 Å². The molecule has 0 spiro atoms. The largest absolute Gasteiger partial charge is 0.303 e. The fourth-order valence-corrected chi connectivity index (χ4v) is 0.570. The highest BCUT2D eigenvalue weighted by molar-refractivity contribution is 5.56. The molecule has 0 aromatic heterocycles. The van der Waals surface area contributed by atoms with Crippen LogP contribution in [0.1, 0.15) is 13.3 Å². The Hall–Kier alpha value is -1.11. The molecular weight excluding hydrogens is 124 g/mol. The summed E-state index contributed by atoms with van der Waals surface area (Å²) in [6.07, 6.45) is 8.67. The van der Waals surface area contributed by atoms with E-state index in [9.17, 15) is 4.79 Å². The molecule has 0 aliphatic heterocycles. The van der Waals surface area contributed by atoms with Crippen LogP contribution in [0.5, 0.6) is 0 Å². The quantitative estimate of drug-likeness (QED) is 0.428. The van der Waals surface area contributed by atoms with Crippen LogP contribution in [0.4, 0.5) is 0 Å². The number of aldehydes is 1. The number of rotatable bonds is 4. The lowest BCUT2D eigenvalue weighted by Crippen LogP contribution is -1.77. The first kappa shape index (κ1) is 8.89. The minimum absolute atomic E-state index is 0.487. The fraction of sp³-hybridized carbons (Fsp3) is 0.222. The molecule has 0 aliphatic carbocycles. The summed E-state index contributed by atoms with van der Waals surface area (Å²) in [7, 11) is 0. The van der Waals surface area contributed by atoms with E-state index in [4.69, 9.17) is 0 Å². The number of carbonyl (C=O) groups excluding carboxylic acids is 1. The minimum Gasteiger partial charge on any atom is -0.303 e. The van der Waals surface area contributed by atoms with Crippen molar-refractivity contribution in [2.24, 2.45) is 0 Å². The zero-order chi connectivity index (χ0) is 7.82. The molecule has 0 heterocycles. The van der Waals surface area contributed by atoms with Crippen LogP contribution in [0, 0.1) is 0 Å². The molecule has 0 saturated heterocycles. The highest BCUT2D eigenvalue weighted by Crippen LogP contribution is 1.99. The molecule has 54 valence electrons. The lowest BCUT2D eigenvalue weighted by molar-refractivity contribution is -0.107. The summed E-state index contributed by atoms with van der Waals surface area (Å²) in [5, 5.41) is 0. The molecule has 0 radical (unpaired) electrons. The standard InChI is InChI=1S/C9H12O/c1-3-5-6-9(4-2)7-8-10/h3-6,8H,1,7H2,2H3/b6-5+,9-4+. The molecule has 1 heteroatoms. The maximum absolute atomic E-state index is 10.0. The second-order valence-corrected chi connectivity index (χ2v) is 1.83. The average Bonchev–Trinajstić information content (AvgIpc) is 1.98. The van der Waals surface area contributed by atoms with Crippen LogP contribution < -0.4 is 0 Å². The Balaban J connectivity index is 3.95. The van der Waals surface area contributed by atoms with Crippen molar-refractivity contribution in [2.45, 2.75) is 13.3 Å². The third kappa shape index (κ3) is 3.84. The minimum atomic E-state index is 0.487. The van der Waals surface area contributed by atoms with E-state index in [2.05, 4.69) is 6.58 Å². The Morgan fingerprint density at radius 1 is 1.60 bits per heavy atom. The molecule has 0 aliphatic rings. The van der Waals surface area contributed by atoms with Gasteiger partial charge in [-0.15, -0.1) is 0 Å². The lowest BCUT2D eigenvalue weighted by Gasteiger charge is -1.89. The van der Waals surface area contributed by atoms with E-state index in [1.807, 2.05) is 25.2 Å². The zero-order valence-electron chi connectivity index (χ0n) is 6.21. The van der Waals surface area contributed by atoms with Gasteiger partial charge < -0.3 is 4.79 Å². The van der Waals surface area contributed by atoms with Gasteiger partial charge in [0, 0.05) is 6.42 Å². The van der Waals surface area contributed by atoms with Crippen molar-refractivity contribution in [3.63, 3.8) is 0 Å². The van der Waals surface area contributed by atoms with Crippen LogP contribution in [-0.4, -0.2) is 6.29 Å². The highest BCUT2D eigenvalue weighted by atomic mass is 16.1. The van der Waals surface area contributed by atoms with Gasteiger partial charge in [-0.3, -0.25) is 0 Å². The van der Waals surface area contributed by atoms with E-state index < -0.39 is 0 Å². The van der Waals surface area contributed by atoms with Gasteiger partial charge in [-0.25, -0.2) is 0 Å². The molecule has 0 bridgehead atoms. The van der Waals surface area contributed by atoms with E-state index in [1.54, 1.807) is 6.08 Å². The maximum Gasteiger partial charge on any atom is 0.124 e. The number of allylic oxidation sites excluding steroid dienone is 5. The Morgan fingerprint density at radius 3 is 2.70 bits per heavy atom. The summed E-state index contributed by atoms with van der Waals surface area (Å²) in [4.78, 5) is 10.0. The van der Waals surface area contributed by atoms with Gasteiger partial charge in [0.05, 0.1) is 0 Å². The van der Waals surface area contributed by atoms with Gasteiger partial charge in [0.1, 0.15) is 6.29 Å². The second-order valence-electron chi connectivity index (χ2n) is 1.83. The molecule has 10 heavy (non-hydrogen) atoms. The molecule has 0 unspecified atom stereocenters. The van der Waals surface area contributed by atoms with Crippen LogP contribution in [0.2, 0.25) is 0 Å². The second kappa shape index (κ2) is 6.02. The lowest BCUT2D eigenvalue weighted by atomic mass is 10.2. The SMILES string of the molecule is C=C/C=C/C(=C\C)CC=O. The first-order chi connectivity index (χ1) is 4.85. The van der Waals surface area contributed by atoms with Crippen molar-refractivity contribution in [1.29, 1.82) is 0 Å². The van der Waals surface area contributed by atoms with Gasteiger partial charge in [-0.05, 0) is 12.5 Å². The van der Waals surface area contributed by atoms with Gasteiger partial charge in [-0.1, -0.05) is 30.9 Å². The number of hydrogen-bond acceptors (Lipinski definition) is 1. The Labute approximate surface area is 61.8 Å². The Morgan fingerprint density at radius 2 is 2.30 bits per heavy atom. The topological polar surface area (TPSA) is 17.1 Å². The third-order valence-electron chi connectivity index (χ3n) is 1.14. The molecule has 0 fully saturated rings. The van der Waals surface area contributed by atoms with Gasteiger partial charge in [0.2, 0.25) is 0 Å². The molecule has 0 N–H and O–H groups in total. The van der Waals surface area contributed by atoms with Gasteiger partial charge >= 0.3 is 0 Å². The average molecular weight is 136 g/mol. The normalized spacial score (nSPS) is 11.9. The first-order valence-corrected chi connectivity index (χ1v) is 3.23. The van der Waals surface area contributed by atoms with E-state index in [1.165, 1.54) is 0 Å². The fourth-order valence-electron chi connectivity index (χ4n) is 0.570. The predicted molar refractivity (Wildman–Crippen MR) is 43.8 cm³/mol. The monoisotopic (exact) mass is 136 g/mol. The zero-order valence-corrected chi connectivity index (χ0v) is 6.21. The molecule has 0 atom stereocenters. The van der Waals surface area contributed by atoms with E-state index >= 15 is 0 Å². The highest BCUT2D eigenvalue weighted by Gasteiger charge is 1.85. The smallest absolute Gasteiger partial charge is 0.124 e. The summed E-state index contributed by atoms with van der Waals surface area (Å²) in [6, 6.07) is 0. The maximum atomic E-state index is 10.0. The molecule has 0 aromatic rings. The van der Waals surface area contributed by atoms with Crippen molar-refractivity contribution >= 4 is 6.29 Å². The van der Waals surface area contributed by atoms with Crippen molar-refractivity contribution in [3.05, 3.63) is 36.5 Å². The van der Waals surface area contributed by atoms with Crippen molar-refractivity contribution in [1.82, 2.24) is 0 Å². The van der Waals surface area contributed by atoms with E-state index in [0.717, 1.165) is 11.9 Å². The van der Waals surface area contributed by atoms with Crippen LogP contribution in [0.3, 0.4) is 0 Å². The van der Waals surface area contributed by atoms with Crippen molar-refractivity contribution in [3.8, 4) is 0 Å². The molecule has 0 rings (SSSR count). The van der Waals surface area contributed by atoms with Gasteiger partial charge in [0.15, 0.2) is 0 Å². The molecule has 0 saturated carbocycles. The van der Waals surface area contributed by atoms with Crippen LogP contribution >= 0.6 is 0 Å². The third-order valence-corrected chi connectivity index (χ3v) is 1.14. The summed E-state index contributed by atoms with van der Waals surface area (Å²) in [5.41, 5.74) is 1.02. The molecule has 0 aromatic carbocycles. The van der Waals surface area contributed by atoms with Gasteiger partial charge in [0.25, 0.3) is 0 Å². The van der Waals surface area contributed by atoms with E-state index in [-0.39, 0.29) is 0 Å². The Kier molecular flexibility index (Phi) is 5.35. The molecule has 0 amide bonds. The van der Waals surface area contributed by atoms with Crippen molar-refractivity contribution < 1.29 is 4.79 Å². The van der Waals surface area contributed by atoms with Crippen molar-refractivity contribution in [2.75, 3.05) is 0 Å². The van der Waals surface area contributed by atoms with Crippen LogP contribution in [-0.2, 0) is 4.79 Å². The molecule has 1 nitrogen and oxygen atoms in total. The summed E-state index contributed by atoms with van der Waals surface area (Å²) < 4.78 is 0. The molecular formula is C9H12O. The number of hydrogen-bond donors (Lipinski definition) is 0. The Bertz CT molecular complexity index is 164. The van der Waals surface area contributed by atoms with Crippen LogP contribution in [0.15, 0.2) is 36.5 Å². The number of carbonyl (C=O) groups is 1. The summed E-state index contributed by atoms with van der Waals surface area (Å²) >= 11 is 0. The summed E-state index contributed by atoms with van der Waals surface area (Å²) in [6.45, 7) is 5.43. The van der Waals surface area contributed by atoms with E-state index in [0.29, 0.717) is 6.42 Å². The predicted octanol–water partition coefficient (Wildman–Crippen LogP) is 2.26. The first-order valence-electron chi connectivity index (χ1n) is 3.23. The summed E-state index contributed by atoms with van der Waals surface area (Å²) in [5.74, 6) is 0. The van der Waals surface area contributed by atoms with Gasteiger partial charge in [-0.2, -0.15) is 0 Å².